The largest absolute Gasteiger partial charge is 0.422 e. The second kappa shape index (κ2) is 7.63. The summed E-state index contributed by atoms with van der Waals surface area (Å²) in [6.45, 7) is 7.13. The second-order valence-corrected chi connectivity index (χ2v) is 6.65. The zero-order valence-electron chi connectivity index (χ0n) is 14.5. The molecule has 24 heavy (non-hydrogen) atoms. The number of hydrogen-bond donors (Lipinski definition) is 0. The molecule has 0 atom stereocenters. The molecule has 0 amide bonds. The molecule has 1 aliphatic rings. The van der Waals surface area contributed by atoms with Gasteiger partial charge in [-0.1, -0.05) is 36.8 Å². The predicted octanol–water partition coefficient (Wildman–Crippen LogP) is 4.51. The van der Waals surface area contributed by atoms with Gasteiger partial charge in [-0.05, 0) is 68.6 Å². The highest BCUT2D eigenvalue weighted by atomic mass is 16.5. The zero-order chi connectivity index (χ0) is 16.9. The van der Waals surface area contributed by atoms with Crippen molar-refractivity contribution in [1.29, 1.82) is 0 Å². The molecule has 1 aliphatic heterocycles. The average Bonchev–Trinajstić information content (AvgIpc) is 2.59. The SMILES string of the molecule is Cc1cccc(C)c1OC(=O)c1cccc(CN2CCCCC2)c1. The van der Waals surface area contributed by atoms with Crippen molar-refractivity contribution < 1.29 is 9.53 Å². The minimum atomic E-state index is -0.284. The van der Waals surface area contributed by atoms with E-state index in [1.807, 2.05) is 50.2 Å². The van der Waals surface area contributed by atoms with Crippen molar-refractivity contribution in [3.8, 4) is 5.75 Å². The van der Waals surface area contributed by atoms with Crippen LogP contribution < -0.4 is 4.74 Å². The lowest BCUT2D eigenvalue weighted by Crippen LogP contribution is -2.29. The van der Waals surface area contributed by atoms with Gasteiger partial charge in [0.25, 0.3) is 0 Å². The Kier molecular flexibility index (Phi) is 5.31. The summed E-state index contributed by atoms with van der Waals surface area (Å²) >= 11 is 0. The summed E-state index contributed by atoms with van der Waals surface area (Å²) in [7, 11) is 0. The number of carbonyl (C=O) groups is 1. The Balaban J connectivity index is 1.72. The highest BCUT2D eigenvalue weighted by molar-refractivity contribution is 5.91. The van der Waals surface area contributed by atoms with Gasteiger partial charge in [0.2, 0.25) is 0 Å². The molecule has 0 aromatic heterocycles. The van der Waals surface area contributed by atoms with Gasteiger partial charge in [0.05, 0.1) is 5.56 Å². The number of rotatable bonds is 4. The van der Waals surface area contributed by atoms with E-state index in [1.165, 1.54) is 24.8 Å². The first-order valence-corrected chi connectivity index (χ1v) is 8.73. The molecule has 1 fully saturated rings. The topological polar surface area (TPSA) is 29.5 Å². The van der Waals surface area contributed by atoms with Crippen LogP contribution in [0.15, 0.2) is 42.5 Å². The number of hydrogen-bond acceptors (Lipinski definition) is 3. The number of carbonyl (C=O) groups excluding carboxylic acids is 1. The third kappa shape index (κ3) is 4.04. The van der Waals surface area contributed by atoms with Gasteiger partial charge < -0.3 is 4.74 Å². The van der Waals surface area contributed by atoms with Crippen LogP contribution in [0.2, 0.25) is 0 Å². The van der Waals surface area contributed by atoms with E-state index in [1.54, 1.807) is 0 Å². The lowest BCUT2D eigenvalue weighted by Gasteiger charge is -2.26. The molecular formula is C21H25NO2. The lowest BCUT2D eigenvalue weighted by molar-refractivity contribution is 0.0732. The lowest BCUT2D eigenvalue weighted by atomic mass is 10.1. The fourth-order valence-electron chi connectivity index (χ4n) is 3.28. The van der Waals surface area contributed by atoms with Crippen LogP contribution in [-0.2, 0) is 6.54 Å². The maximum atomic E-state index is 12.5. The molecule has 2 aromatic carbocycles. The van der Waals surface area contributed by atoms with Gasteiger partial charge in [-0.25, -0.2) is 4.79 Å². The Morgan fingerprint density at radius 1 is 1.00 bits per heavy atom. The average molecular weight is 323 g/mol. The summed E-state index contributed by atoms with van der Waals surface area (Å²) < 4.78 is 5.65. The van der Waals surface area contributed by atoms with Crippen molar-refractivity contribution in [3.63, 3.8) is 0 Å². The Labute approximate surface area is 144 Å². The van der Waals surface area contributed by atoms with E-state index < -0.39 is 0 Å². The number of esters is 1. The van der Waals surface area contributed by atoms with Crippen molar-refractivity contribution in [3.05, 3.63) is 64.7 Å². The van der Waals surface area contributed by atoms with Gasteiger partial charge in [0, 0.05) is 6.54 Å². The minimum absolute atomic E-state index is 0.284. The van der Waals surface area contributed by atoms with Gasteiger partial charge in [-0.2, -0.15) is 0 Å². The summed E-state index contributed by atoms with van der Waals surface area (Å²) in [6, 6.07) is 13.7. The number of aryl methyl sites for hydroxylation is 2. The molecule has 0 unspecified atom stereocenters. The van der Waals surface area contributed by atoms with Crippen LogP contribution in [0.3, 0.4) is 0 Å². The molecule has 126 valence electrons. The monoisotopic (exact) mass is 323 g/mol. The van der Waals surface area contributed by atoms with Crippen molar-refractivity contribution in [2.24, 2.45) is 0 Å². The molecule has 1 saturated heterocycles. The van der Waals surface area contributed by atoms with Crippen LogP contribution in [-0.4, -0.2) is 24.0 Å². The van der Waals surface area contributed by atoms with Crippen molar-refractivity contribution in [2.75, 3.05) is 13.1 Å². The number of benzene rings is 2. The molecule has 0 bridgehead atoms. The number of para-hydroxylation sites is 1. The number of piperidine rings is 1. The van der Waals surface area contributed by atoms with Gasteiger partial charge in [0.15, 0.2) is 0 Å². The van der Waals surface area contributed by atoms with Crippen LogP contribution in [0.5, 0.6) is 5.75 Å². The molecule has 0 spiro atoms. The molecular weight excluding hydrogens is 298 g/mol. The summed E-state index contributed by atoms with van der Waals surface area (Å²) in [5.74, 6) is 0.386. The molecule has 3 heteroatoms. The predicted molar refractivity (Wildman–Crippen MR) is 96.4 cm³/mol. The van der Waals surface area contributed by atoms with E-state index in [4.69, 9.17) is 4.74 Å². The first kappa shape index (κ1) is 16.7. The van der Waals surface area contributed by atoms with Crippen LogP contribution in [0, 0.1) is 13.8 Å². The molecule has 1 heterocycles. The Bertz CT molecular complexity index is 697. The molecule has 0 saturated carbocycles. The molecule has 0 N–H and O–H groups in total. The van der Waals surface area contributed by atoms with E-state index in [0.717, 1.165) is 30.8 Å². The van der Waals surface area contributed by atoms with Crippen LogP contribution in [0.25, 0.3) is 0 Å². The fourth-order valence-corrected chi connectivity index (χ4v) is 3.28. The normalized spacial score (nSPS) is 15.2. The molecule has 0 radical (unpaired) electrons. The molecule has 2 aromatic rings. The van der Waals surface area contributed by atoms with E-state index in [0.29, 0.717) is 11.3 Å². The number of nitrogens with zero attached hydrogens (tertiary/aromatic N) is 1. The smallest absolute Gasteiger partial charge is 0.343 e. The molecule has 3 nitrogen and oxygen atoms in total. The Morgan fingerprint density at radius 3 is 2.38 bits per heavy atom. The van der Waals surface area contributed by atoms with Crippen molar-refractivity contribution in [2.45, 2.75) is 39.7 Å². The van der Waals surface area contributed by atoms with Crippen LogP contribution >= 0.6 is 0 Å². The maximum absolute atomic E-state index is 12.5. The van der Waals surface area contributed by atoms with Crippen molar-refractivity contribution >= 4 is 5.97 Å². The highest BCUT2D eigenvalue weighted by Gasteiger charge is 2.14. The summed E-state index contributed by atoms with van der Waals surface area (Å²) in [5.41, 5.74) is 3.75. The van der Waals surface area contributed by atoms with E-state index in [2.05, 4.69) is 11.0 Å². The molecule has 3 rings (SSSR count). The summed E-state index contributed by atoms with van der Waals surface area (Å²) in [4.78, 5) is 15.0. The van der Waals surface area contributed by atoms with Gasteiger partial charge in [-0.3, -0.25) is 4.90 Å². The Hall–Kier alpha value is -2.13. The zero-order valence-corrected chi connectivity index (χ0v) is 14.5. The first-order valence-electron chi connectivity index (χ1n) is 8.73. The van der Waals surface area contributed by atoms with E-state index in [9.17, 15) is 4.79 Å². The third-order valence-corrected chi connectivity index (χ3v) is 4.62. The quantitative estimate of drug-likeness (QED) is 0.612. The van der Waals surface area contributed by atoms with Crippen LogP contribution in [0.4, 0.5) is 0 Å². The summed E-state index contributed by atoms with van der Waals surface area (Å²) in [5, 5.41) is 0. The van der Waals surface area contributed by atoms with E-state index in [-0.39, 0.29) is 5.97 Å². The van der Waals surface area contributed by atoms with Crippen molar-refractivity contribution in [1.82, 2.24) is 4.90 Å². The van der Waals surface area contributed by atoms with Gasteiger partial charge in [0.1, 0.15) is 5.75 Å². The number of likely N-dealkylation sites (tertiary alicyclic amines) is 1. The standard InChI is InChI=1S/C21H25NO2/c1-16-8-6-9-17(2)20(16)24-21(23)19-11-7-10-18(14-19)15-22-12-4-3-5-13-22/h6-11,14H,3-5,12-13,15H2,1-2H3. The van der Waals surface area contributed by atoms with Gasteiger partial charge >= 0.3 is 5.97 Å². The third-order valence-electron chi connectivity index (χ3n) is 4.62. The van der Waals surface area contributed by atoms with Gasteiger partial charge in [-0.15, -0.1) is 0 Å². The highest BCUT2D eigenvalue weighted by Crippen LogP contribution is 2.24. The van der Waals surface area contributed by atoms with Crippen LogP contribution in [0.1, 0.15) is 46.3 Å². The minimum Gasteiger partial charge on any atom is -0.422 e. The Morgan fingerprint density at radius 2 is 1.67 bits per heavy atom. The fraction of sp³-hybridized carbons (Fsp3) is 0.381. The number of ether oxygens (including phenoxy) is 1. The maximum Gasteiger partial charge on any atom is 0.343 e. The second-order valence-electron chi connectivity index (χ2n) is 6.65. The summed E-state index contributed by atoms with van der Waals surface area (Å²) in [6.07, 6.45) is 3.88. The first-order chi connectivity index (χ1) is 11.6. The van der Waals surface area contributed by atoms with E-state index >= 15 is 0 Å². The molecule has 0 aliphatic carbocycles.